The lowest BCUT2D eigenvalue weighted by molar-refractivity contribution is 0.0735. The zero-order valence-corrected chi connectivity index (χ0v) is 19.2. The zero-order valence-electron chi connectivity index (χ0n) is 19.2. The predicted octanol–water partition coefficient (Wildman–Crippen LogP) is 4.41. The molecule has 0 radical (unpaired) electrons. The van der Waals surface area contributed by atoms with Crippen LogP contribution >= 0.6 is 0 Å². The predicted molar refractivity (Wildman–Crippen MR) is 131 cm³/mol. The van der Waals surface area contributed by atoms with Gasteiger partial charge in [-0.1, -0.05) is 12.1 Å². The maximum atomic E-state index is 13.8. The Bertz CT molecular complexity index is 1410. The largest absolute Gasteiger partial charge is 0.334 e. The molecule has 1 saturated heterocycles. The molecule has 1 atom stereocenters. The van der Waals surface area contributed by atoms with Crippen molar-refractivity contribution in [3.05, 3.63) is 84.3 Å². The summed E-state index contributed by atoms with van der Waals surface area (Å²) in [6.07, 6.45) is 6.85. The van der Waals surface area contributed by atoms with Gasteiger partial charge in [0.2, 0.25) is 0 Å². The monoisotopic (exact) mass is 469 g/mol. The Hall–Kier alpha value is -4.27. The second-order valence-corrected chi connectivity index (χ2v) is 8.53. The van der Waals surface area contributed by atoms with E-state index in [9.17, 15) is 9.18 Å². The van der Waals surface area contributed by atoms with Crippen LogP contribution in [-0.2, 0) is 0 Å². The number of pyridine rings is 3. The first-order valence-electron chi connectivity index (χ1n) is 11.5. The van der Waals surface area contributed by atoms with E-state index < -0.39 is 5.82 Å². The Balaban J connectivity index is 1.41. The molecule has 9 heteroatoms. The number of aromatic nitrogens is 4. The number of amidine groups is 1. The number of hydrogen-bond acceptors (Lipinski definition) is 5. The average molecular weight is 470 g/mol. The first-order valence-corrected chi connectivity index (χ1v) is 11.5. The fraction of sp³-hybridized carbons (Fsp3) is 0.231. The smallest absolute Gasteiger partial charge is 0.275 e. The van der Waals surface area contributed by atoms with Crippen molar-refractivity contribution in [2.24, 2.45) is 4.99 Å². The SMILES string of the molecule is CC(C[C@@H]1CCCN1C(=O)c1nn2ccccc2c1-c1ccccn1)=NC(=N)c1ccc(F)cn1. The molecule has 5 rings (SSSR count). The summed E-state index contributed by atoms with van der Waals surface area (Å²) < 4.78 is 14.8. The van der Waals surface area contributed by atoms with Gasteiger partial charge in [-0.15, -0.1) is 0 Å². The van der Waals surface area contributed by atoms with Gasteiger partial charge in [-0.25, -0.2) is 18.9 Å². The highest BCUT2D eigenvalue weighted by Crippen LogP contribution is 2.30. The van der Waals surface area contributed by atoms with E-state index >= 15 is 0 Å². The molecular weight excluding hydrogens is 445 g/mol. The number of amides is 1. The van der Waals surface area contributed by atoms with Gasteiger partial charge in [0.25, 0.3) is 5.91 Å². The molecule has 35 heavy (non-hydrogen) atoms. The van der Waals surface area contributed by atoms with Crippen LogP contribution in [0.3, 0.4) is 0 Å². The molecule has 0 unspecified atom stereocenters. The molecule has 0 saturated carbocycles. The molecule has 4 aromatic heterocycles. The summed E-state index contributed by atoms with van der Waals surface area (Å²) >= 11 is 0. The van der Waals surface area contributed by atoms with Gasteiger partial charge in [-0.05, 0) is 56.2 Å². The number of carbonyl (C=O) groups excluding carboxylic acids is 1. The molecule has 176 valence electrons. The number of rotatable bonds is 5. The van der Waals surface area contributed by atoms with Crippen molar-refractivity contribution in [1.29, 1.82) is 5.41 Å². The standard InChI is InChI=1S/C26H24FN7O/c1-17(31-25(28)21-11-10-18(27)16-30-21)15-19-7-6-13-33(19)26(35)24-23(20-8-2-4-12-29-20)22-9-3-5-14-34(22)32-24/h2-5,8-12,14,16,19,28H,6-7,13,15H2,1H3/t19-/m0/s1. The summed E-state index contributed by atoms with van der Waals surface area (Å²) in [6.45, 7) is 2.46. The molecule has 1 fully saturated rings. The third-order valence-corrected chi connectivity index (χ3v) is 6.11. The van der Waals surface area contributed by atoms with Crippen LogP contribution in [0.1, 0.15) is 42.4 Å². The fourth-order valence-corrected chi connectivity index (χ4v) is 4.51. The zero-order chi connectivity index (χ0) is 24.4. The maximum Gasteiger partial charge on any atom is 0.275 e. The minimum absolute atomic E-state index is 0.0313. The third kappa shape index (κ3) is 4.57. The molecule has 4 aromatic rings. The maximum absolute atomic E-state index is 13.8. The quantitative estimate of drug-likeness (QED) is 0.346. The van der Waals surface area contributed by atoms with Crippen molar-refractivity contribution in [1.82, 2.24) is 24.5 Å². The number of halogens is 1. The van der Waals surface area contributed by atoms with Gasteiger partial charge in [-0.2, -0.15) is 5.10 Å². The van der Waals surface area contributed by atoms with Crippen LogP contribution in [0, 0.1) is 11.2 Å². The highest BCUT2D eigenvalue weighted by atomic mass is 19.1. The molecule has 1 aliphatic heterocycles. The van der Waals surface area contributed by atoms with Gasteiger partial charge in [0, 0.05) is 37.1 Å². The van der Waals surface area contributed by atoms with Crippen molar-refractivity contribution >= 4 is 23.0 Å². The van der Waals surface area contributed by atoms with E-state index in [1.165, 1.54) is 12.1 Å². The normalized spacial score (nSPS) is 16.1. The Kier molecular flexibility index (Phi) is 6.13. The van der Waals surface area contributed by atoms with Crippen LogP contribution in [0.5, 0.6) is 0 Å². The van der Waals surface area contributed by atoms with E-state index in [0.717, 1.165) is 30.1 Å². The molecule has 0 bridgehead atoms. The number of carbonyl (C=O) groups is 1. The summed E-state index contributed by atoms with van der Waals surface area (Å²) in [5, 5.41) is 12.8. The van der Waals surface area contributed by atoms with Crippen LogP contribution < -0.4 is 0 Å². The first-order chi connectivity index (χ1) is 17.0. The highest BCUT2D eigenvalue weighted by Gasteiger charge is 2.33. The molecular formula is C26H24FN7O. The number of fused-ring (bicyclic) bond motifs is 1. The Morgan fingerprint density at radius 2 is 2.03 bits per heavy atom. The summed E-state index contributed by atoms with van der Waals surface area (Å²) in [6, 6.07) is 14.0. The van der Waals surface area contributed by atoms with E-state index in [4.69, 9.17) is 5.41 Å². The summed E-state index contributed by atoms with van der Waals surface area (Å²) in [4.78, 5) is 28.4. The summed E-state index contributed by atoms with van der Waals surface area (Å²) in [5.74, 6) is -0.629. The van der Waals surface area contributed by atoms with Gasteiger partial charge < -0.3 is 4.90 Å². The number of nitrogens with zero attached hydrogens (tertiary/aromatic N) is 6. The minimum atomic E-state index is -0.459. The molecule has 5 heterocycles. The number of hydrogen-bond donors (Lipinski definition) is 1. The van der Waals surface area contributed by atoms with Crippen molar-refractivity contribution in [2.45, 2.75) is 32.2 Å². The number of nitrogens with one attached hydrogen (secondary N) is 1. The molecule has 1 N–H and O–H groups in total. The van der Waals surface area contributed by atoms with E-state index in [1.54, 1.807) is 10.7 Å². The summed E-state index contributed by atoms with van der Waals surface area (Å²) in [7, 11) is 0. The van der Waals surface area contributed by atoms with Crippen molar-refractivity contribution in [3.63, 3.8) is 0 Å². The van der Waals surface area contributed by atoms with Crippen LogP contribution in [0.2, 0.25) is 0 Å². The van der Waals surface area contributed by atoms with Crippen LogP contribution in [0.4, 0.5) is 4.39 Å². The number of aliphatic imine (C=N–C) groups is 1. The van der Waals surface area contributed by atoms with E-state index in [2.05, 4.69) is 20.1 Å². The molecule has 0 spiro atoms. The van der Waals surface area contributed by atoms with Gasteiger partial charge >= 0.3 is 0 Å². The van der Waals surface area contributed by atoms with Gasteiger partial charge in [0.05, 0.1) is 23.0 Å². The third-order valence-electron chi connectivity index (χ3n) is 6.11. The molecule has 1 aliphatic rings. The van der Waals surface area contributed by atoms with Gasteiger partial charge in [-0.3, -0.25) is 15.2 Å². The highest BCUT2D eigenvalue weighted by molar-refractivity contribution is 6.05. The Labute approximate surface area is 201 Å². The number of likely N-dealkylation sites (tertiary alicyclic amines) is 1. The molecule has 0 aromatic carbocycles. The molecule has 0 aliphatic carbocycles. The van der Waals surface area contributed by atoms with Crippen molar-refractivity contribution < 1.29 is 9.18 Å². The fourth-order valence-electron chi connectivity index (χ4n) is 4.51. The van der Waals surface area contributed by atoms with Crippen molar-refractivity contribution in [3.8, 4) is 11.3 Å². The van der Waals surface area contributed by atoms with Crippen molar-refractivity contribution in [2.75, 3.05) is 6.54 Å². The minimum Gasteiger partial charge on any atom is -0.334 e. The molecule has 1 amide bonds. The lowest BCUT2D eigenvalue weighted by Gasteiger charge is -2.24. The lowest BCUT2D eigenvalue weighted by Crippen LogP contribution is -2.37. The van der Waals surface area contributed by atoms with Gasteiger partial charge in [0.1, 0.15) is 11.5 Å². The lowest BCUT2D eigenvalue weighted by atomic mass is 10.1. The van der Waals surface area contributed by atoms with E-state index in [1.807, 2.05) is 54.4 Å². The van der Waals surface area contributed by atoms with E-state index in [-0.39, 0.29) is 17.8 Å². The van der Waals surface area contributed by atoms with Gasteiger partial charge in [0.15, 0.2) is 11.5 Å². The topological polar surface area (TPSA) is 99.6 Å². The molecule has 8 nitrogen and oxygen atoms in total. The van der Waals surface area contributed by atoms with Crippen LogP contribution in [0.15, 0.2) is 72.1 Å². The Morgan fingerprint density at radius 1 is 1.17 bits per heavy atom. The van der Waals surface area contributed by atoms with E-state index in [0.29, 0.717) is 35.8 Å². The van der Waals surface area contributed by atoms with Crippen LogP contribution in [-0.4, -0.2) is 54.5 Å². The summed E-state index contributed by atoms with van der Waals surface area (Å²) in [5.41, 5.74) is 3.63. The Morgan fingerprint density at radius 3 is 2.80 bits per heavy atom. The first kappa shape index (κ1) is 22.5. The second kappa shape index (κ2) is 9.54. The average Bonchev–Trinajstić information content (AvgIpc) is 3.49. The van der Waals surface area contributed by atoms with Crippen LogP contribution in [0.25, 0.3) is 16.8 Å². The second-order valence-electron chi connectivity index (χ2n) is 8.53.